The van der Waals surface area contributed by atoms with Crippen LogP contribution in [0.4, 0.5) is 0 Å². The lowest BCUT2D eigenvalue weighted by molar-refractivity contribution is -0.136. The van der Waals surface area contributed by atoms with Crippen LogP contribution in [0, 0.1) is 13.8 Å². The van der Waals surface area contributed by atoms with Crippen LogP contribution >= 0.6 is 0 Å². The molecule has 7 nitrogen and oxygen atoms in total. The van der Waals surface area contributed by atoms with Gasteiger partial charge < -0.3 is 19.2 Å². The summed E-state index contributed by atoms with van der Waals surface area (Å²) in [4.78, 5) is 36.2. The van der Waals surface area contributed by atoms with E-state index in [1.54, 1.807) is 18.2 Å². The average molecular weight is 407 g/mol. The molecule has 1 heterocycles. The maximum Gasteiger partial charge on any atom is 0.349 e. The van der Waals surface area contributed by atoms with E-state index in [4.69, 9.17) is 13.9 Å². The number of carbonyl (C=O) groups excluding carboxylic acids is 2. The van der Waals surface area contributed by atoms with Gasteiger partial charge in [-0.2, -0.15) is 0 Å². The number of benzene rings is 2. The second-order valence-electron chi connectivity index (χ2n) is 6.61. The molecule has 3 aromatic rings. The van der Waals surface area contributed by atoms with Gasteiger partial charge in [-0.05, 0) is 49.2 Å². The second kappa shape index (κ2) is 9.09. The molecule has 0 fully saturated rings. The third-order valence-corrected chi connectivity index (χ3v) is 4.49. The maximum absolute atomic E-state index is 12.1. The van der Waals surface area contributed by atoms with Crippen molar-refractivity contribution in [2.45, 2.75) is 13.8 Å². The molecule has 0 aliphatic rings. The van der Waals surface area contributed by atoms with E-state index in [1.165, 1.54) is 18.2 Å². The molecule has 0 spiro atoms. The molecule has 7 heteroatoms. The van der Waals surface area contributed by atoms with Crippen molar-refractivity contribution in [2.75, 3.05) is 13.2 Å². The summed E-state index contributed by atoms with van der Waals surface area (Å²) < 4.78 is 16.0. The van der Waals surface area contributed by atoms with E-state index in [0.717, 1.165) is 11.1 Å². The SMILES string of the molecule is C=CCNC(=O)c1cc2ccc(OC(=O)COc3cccc(C)c3C)cc2oc1=O. The van der Waals surface area contributed by atoms with Gasteiger partial charge in [-0.1, -0.05) is 18.2 Å². The third-order valence-electron chi connectivity index (χ3n) is 4.49. The topological polar surface area (TPSA) is 94.8 Å². The van der Waals surface area contributed by atoms with Crippen molar-refractivity contribution in [3.8, 4) is 11.5 Å². The molecular formula is C23H21NO6. The van der Waals surface area contributed by atoms with Crippen LogP contribution in [0.5, 0.6) is 11.5 Å². The van der Waals surface area contributed by atoms with Crippen molar-refractivity contribution in [2.24, 2.45) is 0 Å². The summed E-state index contributed by atoms with van der Waals surface area (Å²) >= 11 is 0. The van der Waals surface area contributed by atoms with E-state index in [9.17, 15) is 14.4 Å². The molecule has 0 radical (unpaired) electrons. The van der Waals surface area contributed by atoms with E-state index in [2.05, 4.69) is 11.9 Å². The summed E-state index contributed by atoms with van der Waals surface area (Å²) in [6.07, 6.45) is 1.51. The van der Waals surface area contributed by atoms with Crippen LogP contribution in [-0.2, 0) is 4.79 Å². The van der Waals surface area contributed by atoms with Gasteiger partial charge in [0, 0.05) is 18.0 Å². The lowest BCUT2D eigenvalue weighted by Crippen LogP contribution is -2.28. The number of carbonyl (C=O) groups is 2. The molecule has 1 amide bonds. The predicted octanol–water partition coefficient (Wildman–Crippen LogP) is 3.31. The summed E-state index contributed by atoms with van der Waals surface area (Å²) in [5, 5.41) is 3.04. The molecule has 2 aromatic carbocycles. The van der Waals surface area contributed by atoms with E-state index < -0.39 is 17.5 Å². The molecule has 0 saturated heterocycles. The van der Waals surface area contributed by atoms with Crippen LogP contribution in [-0.4, -0.2) is 25.0 Å². The van der Waals surface area contributed by atoms with E-state index in [0.29, 0.717) is 11.1 Å². The van der Waals surface area contributed by atoms with Crippen molar-refractivity contribution in [3.63, 3.8) is 0 Å². The first kappa shape index (κ1) is 20.9. The first-order valence-corrected chi connectivity index (χ1v) is 9.25. The monoisotopic (exact) mass is 407 g/mol. The zero-order valence-electron chi connectivity index (χ0n) is 16.7. The Morgan fingerprint density at radius 1 is 1.17 bits per heavy atom. The van der Waals surface area contributed by atoms with Gasteiger partial charge in [0.1, 0.15) is 22.6 Å². The summed E-state index contributed by atoms with van der Waals surface area (Å²) in [6, 6.07) is 11.6. The van der Waals surface area contributed by atoms with Crippen LogP contribution in [0.3, 0.4) is 0 Å². The number of nitrogens with one attached hydrogen (secondary N) is 1. The van der Waals surface area contributed by atoms with E-state index >= 15 is 0 Å². The van der Waals surface area contributed by atoms with Gasteiger partial charge in [-0.25, -0.2) is 9.59 Å². The highest BCUT2D eigenvalue weighted by molar-refractivity contribution is 5.96. The van der Waals surface area contributed by atoms with E-state index in [-0.39, 0.29) is 30.0 Å². The van der Waals surface area contributed by atoms with Gasteiger partial charge >= 0.3 is 11.6 Å². The molecule has 0 aliphatic carbocycles. The second-order valence-corrected chi connectivity index (χ2v) is 6.61. The zero-order valence-corrected chi connectivity index (χ0v) is 16.7. The number of aryl methyl sites for hydroxylation is 1. The largest absolute Gasteiger partial charge is 0.482 e. The Morgan fingerprint density at radius 2 is 1.97 bits per heavy atom. The Bertz CT molecular complexity index is 1180. The van der Waals surface area contributed by atoms with Crippen LogP contribution in [0.1, 0.15) is 21.5 Å². The Hall–Kier alpha value is -3.87. The lowest BCUT2D eigenvalue weighted by Gasteiger charge is -2.10. The van der Waals surface area contributed by atoms with Crippen LogP contribution in [0.2, 0.25) is 0 Å². The summed E-state index contributed by atoms with van der Waals surface area (Å²) in [7, 11) is 0. The highest BCUT2D eigenvalue weighted by Crippen LogP contribution is 2.22. The Labute approximate surface area is 172 Å². The smallest absolute Gasteiger partial charge is 0.349 e. The van der Waals surface area contributed by atoms with Gasteiger partial charge in [0.05, 0.1) is 0 Å². The van der Waals surface area contributed by atoms with Crippen molar-refractivity contribution in [3.05, 3.63) is 82.2 Å². The predicted molar refractivity (Wildman–Crippen MR) is 112 cm³/mol. The Morgan fingerprint density at radius 3 is 2.73 bits per heavy atom. The van der Waals surface area contributed by atoms with Gasteiger partial charge in [-0.3, -0.25) is 4.79 Å². The first-order valence-electron chi connectivity index (χ1n) is 9.25. The molecule has 0 saturated carbocycles. The number of fused-ring (bicyclic) bond motifs is 1. The summed E-state index contributed by atoms with van der Waals surface area (Å²) in [5.41, 5.74) is 1.30. The number of esters is 1. The average Bonchev–Trinajstić information content (AvgIpc) is 2.72. The molecule has 0 unspecified atom stereocenters. The van der Waals surface area contributed by atoms with Crippen LogP contribution < -0.4 is 20.4 Å². The molecule has 30 heavy (non-hydrogen) atoms. The van der Waals surface area contributed by atoms with E-state index in [1.807, 2.05) is 26.0 Å². The summed E-state index contributed by atoms with van der Waals surface area (Å²) in [5.74, 6) is -0.342. The minimum absolute atomic E-state index is 0.115. The quantitative estimate of drug-likeness (QED) is 0.279. The Balaban J connectivity index is 1.71. The fourth-order valence-electron chi connectivity index (χ4n) is 2.75. The molecule has 0 aliphatic heterocycles. The van der Waals surface area contributed by atoms with Gasteiger partial charge in [0.15, 0.2) is 6.61 Å². The fourth-order valence-corrected chi connectivity index (χ4v) is 2.75. The summed E-state index contributed by atoms with van der Waals surface area (Å²) in [6.45, 7) is 7.33. The minimum atomic E-state index is -0.786. The number of amides is 1. The van der Waals surface area contributed by atoms with Gasteiger partial charge in [-0.15, -0.1) is 6.58 Å². The fraction of sp³-hybridized carbons (Fsp3) is 0.174. The van der Waals surface area contributed by atoms with Crippen molar-refractivity contribution in [1.29, 1.82) is 0 Å². The normalized spacial score (nSPS) is 10.5. The molecule has 154 valence electrons. The van der Waals surface area contributed by atoms with Crippen LogP contribution in [0.15, 0.2) is 64.3 Å². The zero-order chi connectivity index (χ0) is 21.7. The van der Waals surface area contributed by atoms with Crippen LogP contribution in [0.25, 0.3) is 11.0 Å². The van der Waals surface area contributed by atoms with Crippen molar-refractivity contribution < 1.29 is 23.5 Å². The molecule has 0 bridgehead atoms. The highest BCUT2D eigenvalue weighted by atomic mass is 16.6. The lowest BCUT2D eigenvalue weighted by atomic mass is 10.1. The molecule has 1 aromatic heterocycles. The number of hydrogen-bond donors (Lipinski definition) is 1. The standard InChI is InChI=1S/C23H21NO6/c1-4-10-24-22(26)18-11-16-8-9-17(12-20(16)30-23(18)27)29-21(25)13-28-19-7-5-6-14(2)15(19)3/h4-9,11-12H,1,10,13H2,2-3H3,(H,24,26). The number of hydrogen-bond acceptors (Lipinski definition) is 6. The van der Waals surface area contributed by atoms with Gasteiger partial charge in [0.2, 0.25) is 0 Å². The molecule has 0 atom stereocenters. The number of ether oxygens (including phenoxy) is 2. The first-order chi connectivity index (χ1) is 14.4. The molecule has 1 N–H and O–H groups in total. The van der Waals surface area contributed by atoms with Crippen molar-refractivity contribution >= 4 is 22.8 Å². The molecular weight excluding hydrogens is 386 g/mol. The minimum Gasteiger partial charge on any atom is -0.482 e. The maximum atomic E-state index is 12.1. The molecule has 3 rings (SSSR count). The third kappa shape index (κ3) is 4.75. The Kier molecular flexibility index (Phi) is 6.32. The highest BCUT2D eigenvalue weighted by Gasteiger charge is 2.14. The number of rotatable bonds is 7. The van der Waals surface area contributed by atoms with Crippen molar-refractivity contribution in [1.82, 2.24) is 5.32 Å². The van der Waals surface area contributed by atoms with Gasteiger partial charge in [0.25, 0.3) is 5.91 Å².